The van der Waals surface area contributed by atoms with Crippen molar-refractivity contribution in [3.8, 4) is 0 Å². The van der Waals surface area contributed by atoms with E-state index in [2.05, 4.69) is 5.32 Å². The maximum Gasteiger partial charge on any atom is 0.146 e. The third-order valence-electron chi connectivity index (χ3n) is 4.07. The molecule has 1 heterocycles. The lowest BCUT2D eigenvalue weighted by Gasteiger charge is -2.19. The van der Waals surface area contributed by atoms with Crippen molar-refractivity contribution in [3.63, 3.8) is 0 Å². The van der Waals surface area contributed by atoms with Gasteiger partial charge in [0.15, 0.2) is 0 Å². The van der Waals surface area contributed by atoms with Gasteiger partial charge in [-0.2, -0.15) is 0 Å². The molecule has 3 nitrogen and oxygen atoms in total. The van der Waals surface area contributed by atoms with Gasteiger partial charge in [-0.3, -0.25) is 0 Å². The summed E-state index contributed by atoms with van der Waals surface area (Å²) in [5, 5.41) is 12.5. The Morgan fingerprint density at radius 1 is 1.32 bits per heavy atom. The van der Waals surface area contributed by atoms with Crippen LogP contribution in [0.1, 0.15) is 24.8 Å². The minimum atomic E-state index is -0.145. The largest absolute Gasteiger partial charge is 0.396 e. The zero-order valence-electron chi connectivity index (χ0n) is 11.1. The second-order valence-electron chi connectivity index (χ2n) is 5.72. The summed E-state index contributed by atoms with van der Waals surface area (Å²) < 4.78 is 14.1. The van der Waals surface area contributed by atoms with Crippen molar-refractivity contribution < 1.29 is 9.50 Å². The lowest BCUT2D eigenvalue weighted by atomic mass is 10.1. The van der Waals surface area contributed by atoms with Gasteiger partial charge < -0.3 is 15.3 Å². The van der Waals surface area contributed by atoms with E-state index in [4.69, 9.17) is 5.11 Å². The van der Waals surface area contributed by atoms with Crippen LogP contribution in [0.25, 0.3) is 0 Å². The SMILES string of the molecule is OCC1CCN(c2ccc(CNC3CC3)cc2F)C1. The summed E-state index contributed by atoms with van der Waals surface area (Å²) in [5.41, 5.74) is 1.68. The Balaban J connectivity index is 1.65. The number of anilines is 1. The molecule has 0 spiro atoms. The topological polar surface area (TPSA) is 35.5 Å². The highest BCUT2D eigenvalue weighted by atomic mass is 19.1. The Kier molecular flexibility index (Phi) is 3.71. The predicted molar refractivity (Wildman–Crippen MR) is 73.7 cm³/mol. The number of hydrogen-bond acceptors (Lipinski definition) is 3. The van der Waals surface area contributed by atoms with Crippen molar-refractivity contribution in [2.24, 2.45) is 5.92 Å². The summed E-state index contributed by atoms with van der Waals surface area (Å²) >= 11 is 0. The number of nitrogens with zero attached hydrogens (tertiary/aromatic N) is 1. The number of rotatable bonds is 5. The van der Waals surface area contributed by atoms with Crippen LogP contribution in [0.3, 0.4) is 0 Å². The van der Waals surface area contributed by atoms with E-state index in [-0.39, 0.29) is 18.3 Å². The first-order valence-corrected chi connectivity index (χ1v) is 7.14. The molecular formula is C15H21FN2O. The summed E-state index contributed by atoms with van der Waals surface area (Å²) in [5.74, 6) is 0.143. The second-order valence-corrected chi connectivity index (χ2v) is 5.72. The van der Waals surface area contributed by atoms with Gasteiger partial charge in [-0.1, -0.05) is 6.07 Å². The summed E-state index contributed by atoms with van der Waals surface area (Å²) in [7, 11) is 0. The van der Waals surface area contributed by atoms with Gasteiger partial charge in [0, 0.05) is 38.2 Å². The van der Waals surface area contributed by atoms with Gasteiger partial charge in [-0.15, -0.1) is 0 Å². The van der Waals surface area contributed by atoms with Crippen LogP contribution in [0.5, 0.6) is 0 Å². The third kappa shape index (κ3) is 3.07. The third-order valence-corrected chi connectivity index (χ3v) is 4.07. The fraction of sp³-hybridized carbons (Fsp3) is 0.600. The molecule has 2 aliphatic rings. The lowest BCUT2D eigenvalue weighted by Crippen LogP contribution is -2.22. The molecule has 2 fully saturated rings. The molecule has 0 bridgehead atoms. The molecule has 19 heavy (non-hydrogen) atoms. The van der Waals surface area contributed by atoms with Gasteiger partial charge in [0.1, 0.15) is 5.82 Å². The zero-order chi connectivity index (χ0) is 13.2. The molecule has 4 heteroatoms. The fourth-order valence-electron chi connectivity index (χ4n) is 2.67. The van der Waals surface area contributed by atoms with Crippen LogP contribution >= 0.6 is 0 Å². The van der Waals surface area contributed by atoms with E-state index in [1.54, 1.807) is 6.07 Å². The molecule has 0 amide bonds. The number of aliphatic hydroxyl groups is 1. The first-order chi connectivity index (χ1) is 9.26. The Bertz CT molecular complexity index is 448. The van der Waals surface area contributed by atoms with Crippen molar-refractivity contribution >= 4 is 5.69 Å². The Morgan fingerprint density at radius 3 is 2.79 bits per heavy atom. The van der Waals surface area contributed by atoms with Crippen LogP contribution in [0.2, 0.25) is 0 Å². The Labute approximate surface area is 113 Å². The van der Waals surface area contributed by atoms with Crippen LogP contribution in [0, 0.1) is 11.7 Å². The molecule has 1 aromatic rings. The molecule has 104 valence electrons. The van der Waals surface area contributed by atoms with E-state index in [1.165, 1.54) is 12.8 Å². The predicted octanol–water partition coefficient (Wildman–Crippen LogP) is 1.90. The molecule has 1 unspecified atom stereocenters. The van der Waals surface area contributed by atoms with Gasteiger partial charge >= 0.3 is 0 Å². The molecule has 3 rings (SSSR count). The number of nitrogens with one attached hydrogen (secondary N) is 1. The fourth-order valence-corrected chi connectivity index (χ4v) is 2.67. The molecule has 1 aromatic carbocycles. The van der Waals surface area contributed by atoms with Crippen LogP contribution in [-0.4, -0.2) is 30.8 Å². The minimum Gasteiger partial charge on any atom is -0.396 e. The molecule has 1 aliphatic heterocycles. The second kappa shape index (κ2) is 5.47. The molecule has 0 radical (unpaired) electrons. The quantitative estimate of drug-likeness (QED) is 0.852. The number of halogens is 1. The van der Waals surface area contributed by atoms with Crippen molar-refractivity contribution in [2.45, 2.75) is 31.8 Å². The average molecular weight is 264 g/mol. The molecular weight excluding hydrogens is 243 g/mol. The average Bonchev–Trinajstić information content (AvgIpc) is 3.13. The first-order valence-electron chi connectivity index (χ1n) is 7.14. The van der Waals surface area contributed by atoms with Crippen molar-refractivity contribution in [2.75, 3.05) is 24.6 Å². The number of benzene rings is 1. The smallest absolute Gasteiger partial charge is 0.146 e. The number of aliphatic hydroxyl groups excluding tert-OH is 1. The van der Waals surface area contributed by atoms with Gasteiger partial charge in [0.05, 0.1) is 5.69 Å². The van der Waals surface area contributed by atoms with Crippen molar-refractivity contribution in [1.29, 1.82) is 0 Å². The zero-order valence-corrected chi connectivity index (χ0v) is 11.1. The van der Waals surface area contributed by atoms with E-state index < -0.39 is 0 Å². The van der Waals surface area contributed by atoms with Crippen LogP contribution < -0.4 is 10.2 Å². The molecule has 1 saturated heterocycles. The molecule has 1 atom stereocenters. The first kappa shape index (κ1) is 12.9. The van der Waals surface area contributed by atoms with Crippen molar-refractivity contribution in [1.82, 2.24) is 5.32 Å². The summed E-state index contributed by atoms with van der Waals surface area (Å²) in [6.45, 7) is 2.54. The maximum atomic E-state index is 14.1. The van der Waals surface area contributed by atoms with Crippen LogP contribution in [-0.2, 0) is 6.54 Å². The normalized spacial score (nSPS) is 23.1. The molecule has 1 aliphatic carbocycles. The van der Waals surface area contributed by atoms with E-state index >= 15 is 0 Å². The highest BCUT2D eigenvalue weighted by Crippen LogP contribution is 2.27. The lowest BCUT2D eigenvalue weighted by molar-refractivity contribution is 0.238. The van der Waals surface area contributed by atoms with Gasteiger partial charge in [0.25, 0.3) is 0 Å². The summed E-state index contributed by atoms with van der Waals surface area (Å²) in [6.07, 6.45) is 3.44. The molecule has 0 aromatic heterocycles. The molecule has 2 N–H and O–H groups in total. The Morgan fingerprint density at radius 2 is 2.16 bits per heavy atom. The minimum absolute atomic E-state index is 0.145. The van der Waals surface area contributed by atoms with Crippen LogP contribution in [0.15, 0.2) is 18.2 Å². The van der Waals surface area contributed by atoms with Gasteiger partial charge in [0.2, 0.25) is 0 Å². The van der Waals surface area contributed by atoms with Gasteiger partial charge in [-0.25, -0.2) is 4.39 Å². The monoisotopic (exact) mass is 264 g/mol. The number of hydrogen-bond donors (Lipinski definition) is 2. The summed E-state index contributed by atoms with van der Waals surface area (Å²) in [6, 6.07) is 6.16. The summed E-state index contributed by atoms with van der Waals surface area (Å²) in [4.78, 5) is 2.04. The highest BCUT2D eigenvalue weighted by molar-refractivity contribution is 5.50. The van der Waals surface area contributed by atoms with Gasteiger partial charge in [-0.05, 0) is 37.0 Å². The van der Waals surface area contributed by atoms with Crippen LogP contribution in [0.4, 0.5) is 10.1 Å². The maximum absolute atomic E-state index is 14.1. The van der Waals surface area contributed by atoms with E-state index in [1.807, 2.05) is 17.0 Å². The highest BCUT2D eigenvalue weighted by Gasteiger charge is 2.24. The van der Waals surface area contributed by atoms with Crippen molar-refractivity contribution in [3.05, 3.63) is 29.6 Å². The molecule has 1 saturated carbocycles. The standard InChI is InChI=1S/C15H21FN2O/c16-14-7-11(8-17-13-2-3-13)1-4-15(14)18-6-5-12(9-18)10-19/h1,4,7,12-13,17,19H,2-3,5-6,8-10H2. The Hall–Kier alpha value is -1.13. The van der Waals surface area contributed by atoms with E-state index in [9.17, 15) is 4.39 Å². The van der Waals surface area contributed by atoms with E-state index in [0.717, 1.165) is 31.6 Å². The van der Waals surface area contributed by atoms with E-state index in [0.29, 0.717) is 11.7 Å².